The van der Waals surface area contributed by atoms with Crippen LogP contribution in [0.1, 0.15) is 12.1 Å². The molecule has 3 aromatic rings. The van der Waals surface area contributed by atoms with Gasteiger partial charge >= 0.3 is 0 Å². The maximum Gasteiger partial charge on any atom is 0.158 e. The zero-order valence-electron chi connectivity index (χ0n) is 15.1. The maximum absolute atomic E-state index is 8.80. The standard InChI is InChI=1S/C18H18BrN7O2/c1-27-14-5-11(19)6-15(28-4-2-3-20)18(14)13-7-16(26-25-13)24-17-10-22-12(8-21)9-23-17/h5-7,9-10H,2-4,20H2,1H3,(H2,23,24,25,26). The Morgan fingerprint density at radius 3 is 2.71 bits per heavy atom. The van der Waals surface area contributed by atoms with Crippen LogP contribution in [0.2, 0.25) is 0 Å². The molecule has 9 nitrogen and oxygen atoms in total. The van der Waals surface area contributed by atoms with Crippen molar-refractivity contribution in [2.75, 3.05) is 25.6 Å². The summed E-state index contributed by atoms with van der Waals surface area (Å²) in [7, 11) is 1.59. The van der Waals surface area contributed by atoms with Gasteiger partial charge < -0.3 is 20.5 Å². The summed E-state index contributed by atoms with van der Waals surface area (Å²) in [5.74, 6) is 2.28. The molecule has 0 aliphatic rings. The molecular weight excluding hydrogens is 426 g/mol. The van der Waals surface area contributed by atoms with E-state index in [1.165, 1.54) is 12.4 Å². The van der Waals surface area contributed by atoms with Crippen molar-refractivity contribution < 1.29 is 9.47 Å². The Bertz CT molecular complexity index is 983. The van der Waals surface area contributed by atoms with E-state index >= 15 is 0 Å². The van der Waals surface area contributed by atoms with Gasteiger partial charge in [-0.05, 0) is 25.1 Å². The number of H-pyrrole nitrogens is 1. The maximum atomic E-state index is 8.80. The van der Waals surface area contributed by atoms with Gasteiger partial charge in [0.2, 0.25) is 0 Å². The normalized spacial score (nSPS) is 10.4. The number of nitrogens with zero attached hydrogens (tertiary/aromatic N) is 4. The Hall–Kier alpha value is -3.16. The summed E-state index contributed by atoms with van der Waals surface area (Å²) < 4.78 is 12.3. The molecule has 0 aliphatic carbocycles. The minimum Gasteiger partial charge on any atom is -0.496 e. The molecule has 2 heterocycles. The van der Waals surface area contributed by atoms with Gasteiger partial charge in [-0.3, -0.25) is 5.10 Å². The fourth-order valence-corrected chi connectivity index (χ4v) is 2.87. The van der Waals surface area contributed by atoms with Crippen molar-refractivity contribution in [3.8, 4) is 28.8 Å². The number of anilines is 2. The second kappa shape index (κ2) is 9.16. The smallest absolute Gasteiger partial charge is 0.158 e. The van der Waals surface area contributed by atoms with E-state index in [1.54, 1.807) is 13.2 Å². The van der Waals surface area contributed by atoms with Crippen molar-refractivity contribution in [1.29, 1.82) is 5.26 Å². The first kappa shape index (κ1) is 19.6. The first-order chi connectivity index (χ1) is 13.6. The van der Waals surface area contributed by atoms with Crippen LogP contribution in [-0.4, -0.2) is 40.4 Å². The van der Waals surface area contributed by atoms with Gasteiger partial charge in [-0.25, -0.2) is 9.97 Å². The van der Waals surface area contributed by atoms with Crippen LogP contribution in [0.15, 0.2) is 35.1 Å². The van der Waals surface area contributed by atoms with Gasteiger partial charge in [0.15, 0.2) is 11.5 Å². The van der Waals surface area contributed by atoms with Crippen LogP contribution >= 0.6 is 15.9 Å². The lowest BCUT2D eigenvalue weighted by atomic mass is 10.1. The minimum absolute atomic E-state index is 0.243. The summed E-state index contributed by atoms with van der Waals surface area (Å²) in [5, 5.41) is 19.1. The lowest BCUT2D eigenvalue weighted by Gasteiger charge is -2.14. The molecule has 0 bridgehead atoms. The highest BCUT2D eigenvalue weighted by Gasteiger charge is 2.17. The van der Waals surface area contributed by atoms with Crippen molar-refractivity contribution >= 4 is 27.6 Å². The monoisotopic (exact) mass is 443 g/mol. The molecule has 1 aromatic carbocycles. The number of nitriles is 1. The molecule has 10 heteroatoms. The molecule has 0 fully saturated rings. The average Bonchev–Trinajstić information content (AvgIpc) is 3.16. The summed E-state index contributed by atoms with van der Waals surface area (Å²) in [5.41, 5.74) is 7.25. The Morgan fingerprint density at radius 2 is 2.04 bits per heavy atom. The summed E-state index contributed by atoms with van der Waals surface area (Å²) in [6.07, 6.45) is 3.59. The third-order valence-electron chi connectivity index (χ3n) is 3.73. The minimum atomic E-state index is 0.243. The van der Waals surface area contributed by atoms with Crippen molar-refractivity contribution in [1.82, 2.24) is 20.2 Å². The van der Waals surface area contributed by atoms with Crippen LogP contribution in [0.4, 0.5) is 11.6 Å². The lowest BCUT2D eigenvalue weighted by molar-refractivity contribution is 0.312. The number of halogens is 1. The number of aromatic nitrogens is 4. The van der Waals surface area contributed by atoms with Crippen LogP contribution in [-0.2, 0) is 0 Å². The molecule has 144 valence electrons. The van der Waals surface area contributed by atoms with Crippen LogP contribution in [0.25, 0.3) is 11.3 Å². The molecular formula is C18H18BrN7O2. The van der Waals surface area contributed by atoms with Crippen LogP contribution in [0.3, 0.4) is 0 Å². The number of hydrogen-bond donors (Lipinski definition) is 3. The number of rotatable bonds is 8. The van der Waals surface area contributed by atoms with Gasteiger partial charge in [-0.1, -0.05) is 15.9 Å². The first-order valence-electron chi connectivity index (χ1n) is 8.40. The third kappa shape index (κ3) is 4.57. The molecule has 4 N–H and O–H groups in total. The van der Waals surface area contributed by atoms with Gasteiger partial charge in [0, 0.05) is 10.5 Å². The van der Waals surface area contributed by atoms with E-state index in [2.05, 4.69) is 41.4 Å². The first-order valence-corrected chi connectivity index (χ1v) is 9.19. The molecule has 3 rings (SSSR count). The van der Waals surface area contributed by atoms with Gasteiger partial charge in [-0.15, -0.1) is 0 Å². The molecule has 28 heavy (non-hydrogen) atoms. The summed E-state index contributed by atoms with van der Waals surface area (Å²) in [6.45, 7) is 1.04. The number of aromatic amines is 1. The number of methoxy groups -OCH3 is 1. The highest BCUT2D eigenvalue weighted by molar-refractivity contribution is 9.10. The number of benzene rings is 1. The molecule has 0 unspecified atom stereocenters. The molecule has 0 saturated heterocycles. The van der Waals surface area contributed by atoms with Crippen LogP contribution < -0.4 is 20.5 Å². The molecule has 0 aliphatic heterocycles. The van der Waals surface area contributed by atoms with Crippen molar-refractivity contribution in [2.45, 2.75) is 6.42 Å². The van der Waals surface area contributed by atoms with E-state index < -0.39 is 0 Å². The predicted octanol–water partition coefficient (Wildman–Crippen LogP) is 2.98. The quantitative estimate of drug-likeness (QED) is 0.452. The number of nitrogens with one attached hydrogen (secondary N) is 2. The van der Waals surface area contributed by atoms with Crippen LogP contribution in [0.5, 0.6) is 11.5 Å². The summed E-state index contributed by atoms with van der Waals surface area (Å²) in [6, 6.07) is 7.45. The second-order valence-electron chi connectivity index (χ2n) is 5.66. The fourth-order valence-electron chi connectivity index (χ4n) is 2.46. The Balaban J connectivity index is 1.89. The largest absolute Gasteiger partial charge is 0.496 e. The molecule has 0 radical (unpaired) electrons. The third-order valence-corrected chi connectivity index (χ3v) is 4.18. The Kier molecular flexibility index (Phi) is 6.41. The number of nitrogens with two attached hydrogens (primary N) is 1. The van der Waals surface area contributed by atoms with Crippen LogP contribution in [0, 0.1) is 11.3 Å². The highest BCUT2D eigenvalue weighted by atomic mass is 79.9. The van der Waals surface area contributed by atoms with Gasteiger partial charge in [0.1, 0.15) is 23.4 Å². The molecule has 2 aromatic heterocycles. The Morgan fingerprint density at radius 1 is 1.21 bits per heavy atom. The van der Waals surface area contributed by atoms with Gasteiger partial charge in [0.25, 0.3) is 0 Å². The molecule has 0 spiro atoms. The average molecular weight is 444 g/mol. The fraction of sp³-hybridized carbons (Fsp3) is 0.222. The highest BCUT2D eigenvalue weighted by Crippen LogP contribution is 2.41. The molecule has 0 amide bonds. The Labute approximate surface area is 170 Å². The van der Waals surface area contributed by atoms with Crippen molar-refractivity contribution in [3.63, 3.8) is 0 Å². The van der Waals surface area contributed by atoms with Gasteiger partial charge in [0.05, 0.1) is 37.4 Å². The zero-order chi connectivity index (χ0) is 19.9. The number of ether oxygens (including phenoxy) is 2. The van der Waals surface area contributed by atoms with Gasteiger partial charge in [-0.2, -0.15) is 10.4 Å². The molecule has 0 saturated carbocycles. The van der Waals surface area contributed by atoms with E-state index in [9.17, 15) is 0 Å². The zero-order valence-corrected chi connectivity index (χ0v) is 16.7. The van der Waals surface area contributed by atoms with E-state index in [0.717, 1.165) is 16.5 Å². The van der Waals surface area contributed by atoms with E-state index in [4.69, 9.17) is 20.5 Å². The van der Waals surface area contributed by atoms with E-state index in [0.29, 0.717) is 42.0 Å². The van der Waals surface area contributed by atoms with E-state index in [1.807, 2.05) is 18.2 Å². The second-order valence-corrected chi connectivity index (χ2v) is 6.58. The van der Waals surface area contributed by atoms with E-state index in [-0.39, 0.29) is 5.69 Å². The molecule has 0 atom stereocenters. The topological polar surface area (TPSA) is 135 Å². The SMILES string of the molecule is COc1cc(Br)cc(OCCCN)c1-c1cc(Nc2cnc(C#N)cn2)n[nH]1. The van der Waals surface area contributed by atoms with Crippen molar-refractivity contribution in [3.05, 3.63) is 40.8 Å². The van der Waals surface area contributed by atoms with Crippen molar-refractivity contribution in [2.24, 2.45) is 5.73 Å². The lowest BCUT2D eigenvalue weighted by Crippen LogP contribution is -2.07. The summed E-state index contributed by atoms with van der Waals surface area (Å²) in [4.78, 5) is 8.09. The summed E-state index contributed by atoms with van der Waals surface area (Å²) >= 11 is 3.47. The predicted molar refractivity (Wildman–Crippen MR) is 107 cm³/mol. The number of hydrogen-bond acceptors (Lipinski definition) is 8.